The number of fused-ring (bicyclic) bond motifs is 1. The lowest BCUT2D eigenvalue weighted by molar-refractivity contribution is -0.137. The van der Waals surface area contributed by atoms with Crippen molar-refractivity contribution in [2.75, 3.05) is 0 Å². The van der Waals surface area contributed by atoms with Gasteiger partial charge < -0.3 is 18.8 Å². The third kappa shape index (κ3) is 5.05. The molecule has 0 radical (unpaired) electrons. The molecule has 182 valence electrons. The van der Waals surface area contributed by atoms with E-state index in [0.717, 1.165) is 12.1 Å². The van der Waals surface area contributed by atoms with Crippen LogP contribution in [0.1, 0.15) is 57.4 Å². The monoisotopic (exact) mass is 483 g/mol. The molecule has 9 heteroatoms. The summed E-state index contributed by atoms with van der Waals surface area (Å²) < 4.78 is 53.3. The van der Waals surface area contributed by atoms with Crippen molar-refractivity contribution in [1.82, 2.24) is 4.57 Å². The highest BCUT2D eigenvalue weighted by atomic mass is 28.4. The molecule has 0 aliphatic carbocycles. The number of hydrogen-bond acceptors (Lipinski definition) is 4. The van der Waals surface area contributed by atoms with Crippen LogP contribution in [-0.4, -0.2) is 29.7 Å². The van der Waals surface area contributed by atoms with E-state index < -0.39 is 43.4 Å². The maximum atomic E-state index is 13.4. The summed E-state index contributed by atoms with van der Waals surface area (Å²) >= 11 is 0. The van der Waals surface area contributed by atoms with Gasteiger partial charge in [0.2, 0.25) is 0 Å². The first-order chi connectivity index (χ1) is 14.9. The third-order valence-electron chi connectivity index (χ3n) is 6.76. The summed E-state index contributed by atoms with van der Waals surface area (Å²) in [6.45, 7) is 14.1. The average molecular weight is 484 g/mol. The molecular formula is C24H32F3NO4Si. The molecule has 1 aliphatic rings. The lowest BCUT2D eigenvalue weighted by atomic mass is 9.85. The Bertz CT molecular complexity index is 1090. The molecule has 0 fully saturated rings. The first-order valence-corrected chi connectivity index (χ1v) is 13.8. The number of hydrogen-bond donors (Lipinski definition) is 1. The van der Waals surface area contributed by atoms with E-state index in [4.69, 9.17) is 9.16 Å². The summed E-state index contributed by atoms with van der Waals surface area (Å²) in [6.07, 6.45) is -4.31. The number of benzene rings is 1. The van der Waals surface area contributed by atoms with Crippen LogP contribution < -0.4 is 10.3 Å². The summed E-state index contributed by atoms with van der Waals surface area (Å²) in [6, 6.07) is 5.21. The van der Waals surface area contributed by atoms with Crippen molar-refractivity contribution in [3.63, 3.8) is 0 Å². The van der Waals surface area contributed by atoms with E-state index in [1.807, 2.05) is 0 Å². The molecule has 1 N–H and O–H groups in total. The van der Waals surface area contributed by atoms with Crippen LogP contribution in [0.3, 0.4) is 0 Å². The van der Waals surface area contributed by atoms with Crippen LogP contribution in [0.4, 0.5) is 13.2 Å². The summed E-state index contributed by atoms with van der Waals surface area (Å²) in [5.41, 5.74) is -1.62. The van der Waals surface area contributed by atoms with Gasteiger partial charge in [0.05, 0.1) is 18.2 Å². The smallest absolute Gasteiger partial charge is 0.416 e. The Hall–Kier alpha value is -2.10. The van der Waals surface area contributed by atoms with Gasteiger partial charge in [-0.1, -0.05) is 20.8 Å². The van der Waals surface area contributed by atoms with Gasteiger partial charge in [-0.05, 0) is 61.8 Å². The van der Waals surface area contributed by atoms with Crippen molar-refractivity contribution in [3.05, 3.63) is 63.6 Å². The summed E-state index contributed by atoms with van der Waals surface area (Å²) in [5, 5.41) is 11.0. The predicted molar refractivity (Wildman–Crippen MR) is 123 cm³/mol. The summed E-state index contributed by atoms with van der Waals surface area (Å²) in [7, 11) is -2.02. The van der Waals surface area contributed by atoms with Gasteiger partial charge in [-0.25, -0.2) is 0 Å². The molecule has 1 aromatic carbocycles. The van der Waals surface area contributed by atoms with Crippen LogP contribution in [0.5, 0.6) is 5.75 Å². The van der Waals surface area contributed by atoms with E-state index in [1.54, 1.807) is 19.9 Å². The zero-order valence-electron chi connectivity index (χ0n) is 20.1. The number of rotatable bonds is 4. The minimum Gasteiger partial charge on any atom is -0.485 e. The van der Waals surface area contributed by atoms with Gasteiger partial charge in [0, 0.05) is 17.8 Å². The quantitative estimate of drug-likeness (QED) is 0.583. The number of aliphatic hydroxyl groups excluding tert-OH is 1. The van der Waals surface area contributed by atoms with Crippen LogP contribution in [0.2, 0.25) is 18.1 Å². The molecule has 2 heterocycles. The minimum atomic E-state index is -4.56. The Balaban J connectivity index is 2.01. The highest BCUT2D eigenvalue weighted by molar-refractivity contribution is 6.74. The fourth-order valence-electron chi connectivity index (χ4n) is 3.58. The molecule has 2 unspecified atom stereocenters. The predicted octanol–water partition coefficient (Wildman–Crippen LogP) is 5.51. The molecule has 0 bridgehead atoms. The van der Waals surface area contributed by atoms with Crippen LogP contribution in [0.15, 0.2) is 41.3 Å². The van der Waals surface area contributed by atoms with Crippen LogP contribution in [-0.2, 0) is 17.2 Å². The van der Waals surface area contributed by atoms with Crippen LogP contribution >= 0.6 is 0 Å². The van der Waals surface area contributed by atoms with Gasteiger partial charge in [-0.15, -0.1) is 0 Å². The SMILES string of the molecule is CC1(C)Oc2ccc(C(F)(F)F)cc2C(n2ccc(CO[Si](C)(C)C(C)(C)C)cc2=O)C1O. The lowest BCUT2D eigenvalue weighted by Gasteiger charge is -2.42. The van der Waals surface area contributed by atoms with Gasteiger partial charge in [-0.3, -0.25) is 4.79 Å². The number of nitrogens with zero attached hydrogens (tertiary/aromatic N) is 1. The zero-order valence-corrected chi connectivity index (χ0v) is 21.1. The van der Waals surface area contributed by atoms with Crippen LogP contribution in [0.25, 0.3) is 0 Å². The summed E-state index contributed by atoms with van der Waals surface area (Å²) in [5.74, 6) is 0.209. The Kier molecular flexibility index (Phi) is 6.41. The molecule has 1 aromatic heterocycles. The van der Waals surface area contributed by atoms with Gasteiger partial charge in [0.1, 0.15) is 17.5 Å². The lowest BCUT2D eigenvalue weighted by Crippen LogP contribution is -2.52. The number of ether oxygens (including phenoxy) is 1. The third-order valence-corrected chi connectivity index (χ3v) is 11.2. The van der Waals surface area contributed by atoms with Gasteiger partial charge in [0.15, 0.2) is 8.32 Å². The Morgan fingerprint density at radius 1 is 1.15 bits per heavy atom. The molecule has 3 rings (SSSR count). The maximum absolute atomic E-state index is 13.4. The van der Waals surface area contributed by atoms with Gasteiger partial charge in [0.25, 0.3) is 5.56 Å². The second-order valence-corrected chi connectivity index (χ2v) is 15.5. The van der Waals surface area contributed by atoms with Crippen molar-refractivity contribution in [1.29, 1.82) is 0 Å². The van der Waals surface area contributed by atoms with E-state index in [1.165, 1.54) is 22.9 Å². The Morgan fingerprint density at radius 2 is 1.79 bits per heavy atom. The maximum Gasteiger partial charge on any atom is 0.416 e. The molecule has 2 aromatic rings. The van der Waals surface area contributed by atoms with Crippen molar-refractivity contribution in [3.8, 4) is 5.75 Å². The van der Waals surface area contributed by atoms with Crippen molar-refractivity contribution in [2.24, 2.45) is 0 Å². The standard InChI is InChI=1S/C24H32F3NO4Si/c1-22(2,3)33(6,7)31-14-15-10-11-28(19(29)12-15)20-17-13-16(24(25,26)27)8-9-18(17)32-23(4,5)21(20)30/h8-13,20-21,30H,14H2,1-7H3. The van der Waals surface area contributed by atoms with E-state index in [0.29, 0.717) is 5.56 Å². The van der Waals surface area contributed by atoms with Crippen molar-refractivity contribution in [2.45, 2.75) is 83.3 Å². The van der Waals surface area contributed by atoms with E-state index in [-0.39, 0.29) is 23.0 Å². The molecule has 33 heavy (non-hydrogen) atoms. The second-order valence-electron chi connectivity index (χ2n) is 10.7. The highest BCUT2D eigenvalue weighted by Crippen LogP contribution is 2.44. The van der Waals surface area contributed by atoms with Crippen LogP contribution in [0, 0.1) is 0 Å². The fraction of sp³-hybridized carbons (Fsp3) is 0.542. The number of aromatic nitrogens is 1. The molecule has 5 nitrogen and oxygen atoms in total. The molecular weight excluding hydrogens is 451 g/mol. The van der Waals surface area contributed by atoms with Crippen molar-refractivity contribution >= 4 is 8.32 Å². The molecule has 0 saturated heterocycles. The first-order valence-electron chi connectivity index (χ1n) is 10.9. The molecule has 0 saturated carbocycles. The minimum absolute atomic E-state index is 0.0136. The van der Waals surface area contributed by atoms with E-state index in [2.05, 4.69) is 33.9 Å². The number of aliphatic hydroxyl groups is 1. The fourth-order valence-corrected chi connectivity index (χ4v) is 4.54. The molecule has 1 aliphatic heterocycles. The topological polar surface area (TPSA) is 60.7 Å². The van der Waals surface area contributed by atoms with E-state index >= 15 is 0 Å². The summed E-state index contributed by atoms with van der Waals surface area (Å²) in [4.78, 5) is 13.1. The normalized spacial score (nSPS) is 20.8. The van der Waals surface area contributed by atoms with Gasteiger partial charge >= 0.3 is 6.18 Å². The number of pyridine rings is 1. The first kappa shape index (κ1) is 25.5. The average Bonchev–Trinajstić information content (AvgIpc) is 2.66. The molecule has 0 amide bonds. The molecule has 2 atom stereocenters. The second kappa shape index (κ2) is 8.28. The highest BCUT2D eigenvalue weighted by Gasteiger charge is 2.45. The number of halogens is 3. The zero-order chi connectivity index (χ0) is 25.0. The Labute approximate surface area is 193 Å². The van der Waals surface area contributed by atoms with E-state index in [9.17, 15) is 23.1 Å². The van der Waals surface area contributed by atoms with Crippen molar-refractivity contribution < 1.29 is 27.4 Å². The molecule has 0 spiro atoms. The Morgan fingerprint density at radius 3 is 2.33 bits per heavy atom. The number of alkyl halides is 3. The largest absolute Gasteiger partial charge is 0.485 e. The van der Waals surface area contributed by atoms with Gasteiger partial charge in [-0.2, -0.15) is 13.2 Å².